The summed E-state index contributed by atoms with van der Waals surface area (Å²) in [6, 6.07) is 14.3. The fourth-order valence-corrected chi connectivity index (χ4v) is 2.52. The van der Waals surface area contributed by atoms with Crippen LogP contribution in [0.5, 0.6) is 5.88 Å². The van der Waals surface area contributed by atoms with Crippen LogP contribution in [0, 0.1) is 18.3 Å². The van der Waals surface area contributed by atoms with E-state index in [2.05, 4.69) is 15.3 Å². The molecule has 0 atom stereocenters. The topological polar surface area (TPSA) is 87.9 Å². The zero-order chi connectivity index (χ0) is 21.7. The molecule has 9 heteroatoms. The zero-order valence-corrected chi connectivity index (χ0v) is 15.7. The second kappa shape index (κ2) is 8.61. The van der Waals surface area contributed by atoms with Crippen molar-refractivity contribution in [3.63, 3.8) is 0 Å². The first-order valence-electron chi connectivity index (χ1n) is 8.71. The van der Waals surface area contributed by atoms with Crippen LogP contribution in [0.2, 0.25) is 0 Å². The van der Waals surface area contributed by atoms with Crippen LogP contribution < -0.4 is 10.1 Å². The number of ether oxygens (including phenoxy) is 1. The normalized spacial score (nSPS) is 10.9. The molecule has 3 aromatic rings. The van der Waals surface area contributed by atoms with Gasteiger partial charge >= 0.3 is 6.18 Å². The number of nitrogens with one attached hydrogen (secondary N) is 1. The average molecular weight is 412 g/mol. The van der Waals surface area contributed by atoms with Gasteiger partial charge in [0, 0.05) is 23.0 Å². The molecule has 0 bridgehead atoms. The van der Waals surface area contributed by atoms with E-state index in [1.54, 1.807) is 31.2 Å². The van der Waals surface area contributed by atoms with Crippen molar-refractivity contribution in [1.29, 1.82) is 5.26 Å². The predicted octanol–water partition coefficient (Wildman–Crippen LogP) is 4.36. The molecule has 0 saturated carbocycles. The van der Waals surface area contributed by atoms with Crippen molar-refractivity contribution in [3.05, 3.63) is 71.4 Å². The number of carbonyl (C=O) groups is 1. The van der Waals surface area contributed by atoms with Gasteiger partial charge in [-0.1, -0.05) is 12.1 Å². The largest absolute Gasteiger partial charge is 0.467 e. The van der Waals surface area contributed by atoms with Crippen molar-refractivity contribution in [3.8, 4) is 23.3 Å². The summed E-state index contributed by atoms with van der Waals surface area (Å²) >= 11 is 0. The number of nitrogens with zero attached hydrogens (tertiary/aromatic N) is 3. The highest BCUT2D eigenvalue weighted by atomic mass is 19.4. The molecule has 0 spiro atoms. The third-order valence-corrected chi connectivity index (χ3v) is 3.95. The summed E-state index contributed by atoms with van der Waals surface area (Å²) in [4.78, 5) is 20.4. The van der Waals surface area contributed by atoms with Crippen LogP contribution >= 0.6 is 0 Å². The van der Waals surface area contributed by atoms with Gasteiger partial charge in [-0.05, 0) is 43.3 Å². The molecule has 0 fully saturated rings. The van der Waals surface area contributed by atoms with E-state index in [1.807, 2.05) is 6.07 Å². The summed E-state index contributed by atoms with van der Waals surface area (Å²) < 4.78 is 43.6. The van der Waals surface area contributed by atoms with Crippen molar-refractivity contribution in [1.82, 2.24) is 9.97 Å². The number of hydrogen-bond acceptors (Lipinski definition) is 5. The zero-order valence-electron chi connectivity index (χ0n) is 15.7. The number of amides is 1. The van der Waals surface area contributed by atoms with Crippen LogP contribution in [0.25, 0.3) is 11.4 Å². The molecule has 3 rings (SSSR count). The minimum absolute atomic E-state index is 0.118. The Hall–Kier alpha value is -3.93. The third-order valence-electron chi connectivity index (χ3n) is 3.95. The summed E-state index contributed by atoms with van der Waals surface area (Å²) in [6.07, 6.45) is -4.43. The number of aryl methyl sites for hydroxylation is 1. The lowest BCUT2D eigenvalue weighted by molar-refractivity contribution is -0.137. The van der Waals surface area contributed by atoms with Crippen LogP contribution in [0.4, 0.5) is 18.9 Å². The maximum Gasteiger partial charge on any atom is 0.416 e. The fraction of sp³-hybridized carbons (Fsp3) is 0.143. The number of nitriles is 1. The number of hydrogen-bond donors (Lipinski definition) is 1. The monoisotopic (exact) mass is 412 g/mol. The molecule has 2 aromatic carbocycles. The molecule has 152 valence electrons. The van der Waals surface area contributed by atoms with Gasteiger partial charge in [0.25, 0.3) is 5.91 Å². The minimum Gasteiger partial charge on any atom is -0.467 e. The Labute approximate surface area is 170 Å². The third kappa shape index (κ3) is 5.32. The maximum atomic E-state index is 12.7. The number of halogens is 3. The van der Waals surface area contributed by atoms with Crippen LogP contribution in [0.1, 0.15) is 16.8 Å². The van der Waals surface area contributed by atoms with Gasteiger partial charge in [-0.2, -0.15) is 23.4 Å². The van der Waals surface area contributed by atoms with E-state index >= 15 is 0 Å². The molecule has 1 aromatic heterocycles. The first-order chi connectivity index (χ1) is 14.2. The second-order valence-electron chi connectivity index (χ2n) is 6.27. The molecule has 6 nitrogen and oxygen atoms in total. The molecule has 0 saturated heterocycles. The maximum absolute atomic E-state index is 12.7. The molecule has 1 N–H and O–H groups in total. The van der Waals surface area contributed by atoms with Crippen molar-refractivity contribution >= 4 is 11.6 Å². The summed E-state index contributed by atoms with van der Waals surface area (Å²) in [5.74, 6) is -0.134. The van der Waals surface area contributed by atoms with Crippen LogP contribution in [-0.4, -0.2) is 22.5 Å². The summed E-state index contributed by atoms with van der Waals surface area (Å²) in [5, 5.41) is 11.4. The van der Waals surface area contributed by atoms with E-state index in [0.29, 0.717) is 22.5 Å². The number of benzene rings is 2. The van der Waals surface area contributed by atoms with Crippen LogP contribution in [-0.2, 0) is 11.0 Å². The SMILES string of the molecule is Cc1cc(OCC(=O)Nc2ccc(C#N)cc2)nc(-c2ccc(C(F)(F)F)cc2)n1. The van der Waals surface area contributed by atoms with E-state index in [9.17, 15) is 18.0 Å². The summed E-state index contributed by atoms with van der Waals surface area (Å²) in [7, 11) is 0. The Balaban J connectivity index is 1.67. The molecule has 0 radical (unpaired) electrons. The van der Waals surface area contributed by atoms with Gasteiger partial charge in [-0.3, -0.25) is 4.79 Å². The lowest BCUT2D eigenvalue weighted by atomic mass is 10.1. The molecular formula is C21H15F3N4O2. The average Bonchev–Trinajstić information content (AvgIpc) is 2.72. The lowest BCUT2D eigenvalue weighted by Crippen LogP contribution is -2.20. The fourth-order valence-electron chi connectivity index (χ4n) is 2.52. The standard InChI is InChI=1S/C21H15F3N4O2/c1-13-10-19(30-12-18(29)27-17-8-2-14(11-25)3-9-17)28-20(26-13)15-4-6-16(7-5-15)21(22,23)24/h2-10H,12H2,1H3,(H,27,29). The molecule has 0 aliphatic carbocycles. The quantitative estimate of drug-likeness (QED) is 0.673. The second-order valence-corrected chi connectivity index (χ2v) is 6.27. The van der Waals surface area contributed by atoms with Gasteiger partial charge in [0.1, 0.15) is 0 Å². The molecule has 0 unspecified atom stereocenters. The van der Waals surface area contributed by atoms with E-state index in [1.165, 1.54) is 18.2 Å². The first-order valence-corrected chi connectivity index (χ1v) is 8.71. The van der Waals surface area contributed by atoms with Gasteiger partial charge < -0.3 is 10.1 Å². The summed E-state index contributed by atoms with van der Waals surface area (Å²) in [6.45, 7) is 1.35. The predicted molar refractivity (Wildman–Crippen MR) is 102 cm³/mol. The number of aromatic nitrogens is 2. The van der Waals surface area contributed by atoms with E-state index < -0.39 is 17.6 Å². The highest BCUT2D eigenvalue weighted by Crippen LogP contribution is 2.30. The van der Waals surface area contributed by atoms with Gasteiger partial charge in [0.05, 0.1) is 17.2 Å². The molecular weight excluding hydrogens is 397 g/mol. The van der Waals surface area contributed by atoms with Crippen molar-refractivity contribution in [2.45, 2.75) is 13.1 Å². The molecule has 0 aliphatic rings. The molecule has 1 heterocycles. The molecule has 0 aliphatic heterocycles. The Morgan fingerprint density at radius 1 is 1.10 bits per heavy atom. The Bertz CT molecular complexity index is 1090. The van der Waals surface area contributed by atoms with Crippen LogP contribution in [0.3, 0.4) is 0 Å². The smallest absolute Gasteiger partial charge is 0.416 e. The van der Waals surface area contributed by atoms with E-state index in [4.69, 9.17) is 10.00 Å². The van der Waals surface area contributed by atoms with E-state index in [0.717, 1.165) is 12.1 Å². The van der Waals surface area contributed by atoms with Gasteiger partial charge in [-0.25, -0.2) is 4.98 Å². The first kappa shape index (κ1) is 20.8. The minimum atomic E-state index is -4.43. The van der Waals surface area contributed by atoms with Gasteiger partial charge in [0.2, 0.25) is 5.88 Å². The van der Waals surface area contributed by atoms with Crippen molar-refractivity contribution in [2.75, 3.05) is 11.9 Å². The highest BCUT2D eigenvalue weighted by Gasteiger charge is 2.30. The lowest BCUT2D eigenvalue weighted by Gasteiger charge is -2.10. The number of rotatable bonds is 5. The Morgan fingerprint density at radius 3 is 2.37 bits per heavy atom. The summed E-state index contributed by atoms with van der Waals surface area (Å²) in [5.41, 5.74) is 1.12. The van der Waals surface area contributed by atoms with Crippen LogP contribution in [0.15, 0.2) is 54.6 Å². The van der Waals surface area contributed by atoms with Crippen molar-refractivity contribution in [2.24, 2.45) is 0 Å². The Kier molecular flexibility index (Phi) is 5.97. The highest BCUT2D eigenvalue weighted by molar-refractivity contribution is 5.91. The van der Waals surface area contributed by atoms with Crippen molar-refractivity contribution < 1.29 is 22.7 Å². The number of alkyl halides is 3. The van der Waals surface area contributed by atoms with E-state index in [-0.39, 0.29) is 18.3 Å². The molecule has 1 amide bonds. The number of carbonyl (C=O) groups excluding carboxylic acids is 1. The number of anilines is 1. The van der Waals surface area contributed by atoms with Gasteiger partial charge in [-0.15, -0.1) is 0 Å². The Morgan fingerprint density at radius 2 is 1.77 bits per heavy atom. The van der Waals surface area contributed by atoms with Gasteiger partial charge in [0.15, 0.2) is 12.4 Å². The molecule has 30 heavy (non-hydrogen) atoms.